The summed E-state index contributed by atoms with van der Waals surface area (Å²) in [6, 6.07) is 25.7. The van der Waals surface area contributed by atoms with Crippen LogP contribution in [0.15, 0.2) is 148 Å². The third-order valence-electron chi connectivity index (χ3n) is 10.9. The van der Waals surface area contributed by atoms with Gasteiger partial charge in [-0.1, -0.05) is 105 Å². The topological polar surface area (TPSA) is 34.1 Å². The van der Waals surface area contributed by atoms with Gasteiger partial charge in [-0.3, -0.25) is 5.01 Å². The van der Waals surface area contributed by atoms with Crippen LogP contribution in [0.25, 0.3) is 11.1 Å². The van der Waals surface area contributed by atoms with Crippen molar-refractivity contribution >= 4 is 5.90 Å². The highest BCUT2D eigenvalue weighted by atomic mass is 16.5. The van der Waals surface area contributed by atoms with Crippen molar-refractivity contribution in [3.63, 3.8) is 0 Å². The van der Waals surface area contributed by atoms with E-state index in [-0.39, 0.29) is 17.6 Å². The van der Waals surface area contributed by atoms with Crippen molar-refractivity contribution in [3.8, 4) is 16.9 Å². The molecule has 1 spiro atoms. The van der Waals surface area contributed by atoms with Crippen LogP contribution < -0.4 is 4.74 Å². The van der Waals surface area contributed by atoms with E-state index < -0.39 is 0 Å². The molecule has 0 aromatic heterocycles. The average Bonchev–Trinajstić information content (AvgIpc) is 3.62. The van der Waals surface area contributed by atoms with Crippen LogP contribution in [0.1, 0.15) is 56.0 Å². The summed E-state index contributed by atoms with van der Waals surface area (Å²) in [6.45, 7) is 4.77. The van der Waals surface area contributed by atoms with Gasteiger partial charge < -0.3 is 9.47 Å². The third kappa shape index (κ3) is 3.89. The smallest absolute Gasteiger partial charge is 0.240 e. The number of nitrogens with zero attached hydrogens (tertiary/aromatic N) is 2. The van der Waals surface area contributed by atoms with E-state index in [0.29, 0.717) is 17.7 Å². The molecule has 3 aromatic carbocycles. The second-order valence-corrected chi connectivity index (χ2v) is 13.5. The lowest BCUT2D eigenvalue weighted by atomic mass is 9.55. The van der Waals surface area contributed by atoms with Gasteiger partial charge in [-0.15, -0.1) is 5.10 Å². The Morgan fingerprint density at radius 1 is 0.891 bits per heavy atom. The SMILES string of the molecule is CC1CC=CC2=C1C1=C(CCC=C1)C21c2ccc(-c3ccc(C4=NN(C)C(c5ccccc5)O4)cc3)cc2OC2=CC=CC(C)C21. The second kappa shape index (κ2) is 10.3. The van der Waals surface area contributed by atoms with Gasteiger partial charge in [0.2, 0.25) is 12.1 Å². The molecule has 0 N–H and O–H groups in total. The van der Waals surface area contributed by atoms with E-state index >= 15 is 0 Å². The van der Waals surface area contributed by atoms with Crippen LogP contribution in [0.5, 0.6) is 5.75 Å². The fourth-order valence-electron chi connectivity index (χ4n) is 8.91. The Labute approximate surface area is 271 Å². The summed E-state index contributed by atoms with van der Waals surface area (Å²) in [6.07, 6.45) is 19.5. The maximum Gasteiger partial charge on any atom is 0.240 e. The molecule has 46 heavy (non-hydrogen) atoms. The molecule has 4 aliphatic carbocycles. The molecular formula is C42H38N2O2. The molecule has 0 bridgehead atoms. The lowest BCUT2D eigenvalue weighted by Gasteiger charge is -2.50. The van der Waals surface area contributed by atoms with Gasteiger partial charge >= 0.3 is 0 Å². The zero-order valence-corrected chi connectivity index (χ0v) is 26.6. The van der Waals surface area contributed by atoms with Crippen molar-refractivity contribution in [1.82, 2.24) is 5.01 Å². The van der Waals surface area contributed by atoms with Crippen LogP contribution in [-0.4, -0.2) is 18.0 Å². The minimum absolute atomic E-state index is 0.216. The first-order valence-corrected chi connectivity index (χ1v) is 16.7. The first kappa shape index (κ1) is 27.5. The van der Waals surface area contributed by atoms with E-state index in [2.05, 4.69) is 111 Å². The lowest BCUT2D eigenvalue weighted by molar-refractivity contribution is 0.0779. The molecule has 0 saturated heterocycles. The van der Waals surface area contributed by atoms with Crippen LogP contribution in [-0.2, 0) is 10.2 Å². The Morgan fingerprint density at radius 2 is 1.70 bits per heavy atom. The number of hydrogen-bond acceptors (Lipinski definition) is 4. The molecule has 2 aliphatic heterocycles. The Balaban J connectivity index is 1.12. The molecule has 9 rings (SSSR count). The van der Waals surface area contributed by atoms with E-state index in [1.54, 1.807) is 11.1 Å². The van der Waals surface area contributed by atoms with Crippen molar-refractivity contribution < 1.29 is 9.47 Å². The third-order valence-corrected chi connectivity index (χ3v) is 10.9. The molecule has 0 saturated carbocycles. The first-order valence-electron chi connectivity index (χ1n) is 16.7. The number of rotatable bonds is 3. The maximum atomic E-state index is 6.89. The monoisotopic (exact) mass is 602 g/mol. The highest BCUT2D eigenvalue weighted by molar-refractivity contribution is 5.95. The van der Waals surface area contributed by atoms with Crippen LogP contribution in [0.4, 0.5) is 0 Å². The minimum atomic E-state index is -0.222. The van der Waals surface area contributed by atoms with Crippen LogP contribution in [0.2, 0.25) is 0 Å². The van der Waals surface area contributed by atoms with Crippen LogP contribution in [0.3, 0.4) is 0 Å². The number of ether oxygens (including phenoxy) is 2. The van der Waals surface area contributed by atoms with E-state index in [1.165, 1.54) is 16.7 Å². The summed E-state index contributed by atoms with van der Waals surface area (Å²) in [5.74, 6) is 3.81. The van der Waals surface area contributed by atoms with Crippen LogP contribution >= 0.6 is 0 Å². The normalized spacial score (nSPS) is 28.7. The van der Waals surface area contributed by atoms with Crippen molar-refractivity contribution in [1.29, 1.82) is 0 Å². The predicted molar refractivity (Wildman–Crippen MR) is 184 cm³/mol. The number of hydrazone groups is 1. The molecule has 0 fully saturated rings. The summed E-state index contributed by atoms with van der Waals surface area (Å²) >= 11 is 0. The Bertz CT molecular complexity index is 1970. The quantitative estimate of drug-likeness (QED) is 0.299. The zero-order valence-electron chi connectivity index (χ0n) is 26.6. The lowest BCUT2D eigenvalue weighted by Crippen LogP contribution is -2.46. The highest BCUT2D eigenvalue weighted by Gasteiger charge is 2.58. The molecule has 4 nitrogen and oxygen atoms in total. The zero-order chi connectivity index (χ0) is 31.0. The standard InChI is InChI=1S/C42H38N2O2/c1-26-11-9-17-35-38(26)32-15-7-8-16-33(32)42(35)34-24-23-31(25-37(34)45-36-18-10-12-27(2)39(36)42)28-19-21-29(22-20-28)40-43-44(3)41(46-40)30-13-5-4-6-14-30/h4-7,9-10,12-15,17-27,39,41H,8,11,16H2,1-3H3. The summed E-state index contributed by atoms with van der Waals surface area (Å²) < 4.78 is 13.2. The first-order chi connectivity index (χ1) is 22.5. The number of allylic oxidation sites excluding steroid dienone is 12. The van der Waals surface area contributed by atoms with Crippen LogP contribution in [0, 0.1) is 17.8 Å². The van der Waals surface area contributed by atoms with E-state index in [4.69, 9.17) is 14.6 Å². The van der Waals surface area contributed by atoms with Gasteiger partial charge in [-0.25, -0.2) is 0 Å². The Kier molecular flexibility index (Phi) is 6.18. The molecule has 5 atom stereocenters. The van der Waals surface area contributed by atoms with Gasteiger partial charge in [-0.05, 0) is 88.8 Å². The fraction of sp³-hybridized carbons (Fsp3) is 0.262. The van der Waals surface area contributed by atoms with Gasteiger partial charge in [0.1, 0.15) is 11.5 Å². The summed E-state index contributed by atoms with van der Waals surface area (Å²) in [5, 5.41) is 6.59. The summed E-state index contributed by atoms with van der Waals surface area (Å²) in [4.78, 5) is 0. The maximum absolute atomic E-state index is 6.89. The molecule has 0 amide bonds. The van der Waals surface area contributed by atoms with Crippen molar-refractivity contribution in [2.45, 2.75) is 44.8 Å². The van der Waals surface area contributed by atoms with Crippen molar-refractivity contribution in [3.05, 3.63) is 160 Å². The second-order valence-electron chi connectivity index (χ2n) is 13.5. The predicted octanol–water partition coefficient (Wildman–Crippen LogP) is 9.56. The van der Waals surface area contributed by atoms with E-state index in [0.717, 1.165) is 53.0 Å². The number of fused-ring (bicyclic) bond motifs is 7. The Hall–Kier alpha value is -4.83. The van der Waals surface area contributed by atoms with Crippen molar-refractivity contribution in [2.24, 2.45) is 22.9 Å². The number of hydrogen-bond donors (Lipinski definition) is 0. The van der Waals surface area contributed by atoms with Gasteiger partial charge in [0.15, 0.2) is 0 Å². The van der Waals surface area contributed by atoms with Gasteiger partial charge in [0, 0.05) is 29.7 Å². The molecule has 4 heteroatoms. The highest BCUT2D eigenvalue weighted by Crippen LogP contribution is 2.66. The summed E-state index contributed by atoms with van der Waals surface area (Å²) in [5.41, 5.74) is 11.6. The Morgan fingerprint density at radius 3 is 2.54 bits per heavy atom. The fourth-order valence-corrected chi connectivity index (χ4v) is 8.91. The van der Waals surface area contributed by atoms with Gasteiger partial charge in [0.25, 0.3) is 0 Å². The molecule has 5 unspecified atom stereocenters. The van der Waals surface area contributed by atoms with E-state index in [1.807, 2.05) is 30.3 Å². The number of benzene rings is 3. The molecule has 0 radical (unpaired) electrons. The average molecular weight is 603 g/mol. The van der Waals surface area contributed by atoms with E-state index in [9.17, 15) is 0 Å². The van der Waals surface area contributed by atoms with Gasteiger partial charge in [0.05, 0.1) is 5.41 Å². The molecule has 2 heterocycles. The van der Waals surface area contributed by atoms with Gasteiger partial charge in [-0.2, -0.15) is 0 Å². The summed E-state index contributed by atoms with van der Waals surface area (Å²) in [7, 11) is 1.96. The molecular weight excluding hydrogens is 564 g/mol. The molecule has 228 valence electrons. The molecule has 3 aromatic rings. The minimum Gasteiger partial charge on any atom is -0.461 e. The van der Waals surface area contributed by atoms with Crippen molar-refractivity contribution in [2.75, 3.05) is 7.05 Å². The largest absolute Gasteiger partial charge is 0.461 e. The molecule has 6 aliphatic rings.